The Bertz CT molecular complexity index is 3340. The number of nitrogens with zero attached hydrogens (tertiary/aromatic N) is 4. The molecule has 4 heterocycles. The minimum atomic E-state index is -0.989. The van der Waals surface area contributed by atoms with Gasteiger partial charge in [0.05, 0.1) is 76.9 Å². The number of ether oxygens (including phenoxy) is 6. The molecule has 21 nitrogen and oxygen atoms in total. The number of fused-ring (bicyclic) bond motifs is 2. The molecule has 0 saturated heterocycles. The van der Waals surface area contributed by atoms with Crippen LogP contribution in [0.5, 0.6) is 34.5 Å². The highest BCUT2D eigenvalue weighted by molar-refractivity contribution is 6.01. The van der Waals surface area contributed by atoms with Gasteiger partial charge in [-0.15, -0.1) is 0 Å². The van der Waals surface area contributed by atoms with Gasteiger partial charge in [-0.3, -0.25) is 14.4 Å². The van der Waals surface area contributed by atoms with Gasteiger partial charge in [0.1, 0.15) is 42.5 Å². The lowest BCUT2D eigenvalue weighted by molar-refractivity contribution is -0.0840. The third kappa shape index (κ3) is 12.4. The lowest BCUT2D eigenvalue weighted by atomic mass is 9.53. The van der Waals surface area contributed by atoms with Gasteiger partial charge in [-0.1, -0.05) is 12.1 Å². The van der Waals surface area contributed by atoms with Gasteiger partial charge in [0, 0.05) is 23.9 Å². The number of hydrogen-bond donors (Lipinski definition) is 7. The number of nitrogens with one attached hydrogen (secondary N) is 1. The number of benzene rings is 2. The lowest BCUT2D eigenvalue weighted by Gasteiger charge is -2.57. The van der Waals surface area contributed by atoms with Crippen molar-refractivity contribution in [2.45, 2.75) is 152 Å². The topological polar surface area (TPSA) is 309 Å². The van der Waals surface area contributed by atoms with Crippen LogP contribution >= 0.6 is 0 Å². The summed E-state index contributed by atoms with van der Waals surface area (Å²) in [5, 5.41) is 41.0. The molecule has 2 aromatic carbocycles. The first-order chi connectivity index (χ1) is 38.4. The van der Waals surface area contributed by atoms with Gasteiger partial charge in [0.2, 0.25) is 0 Å². The molecule has 0 bridgehead atoms. The van der Waals surface area contributed by atoms with Crippen molar-refractivity contribution in [3.05, 3.63) is 107 Å². The van der Waals surface area contributed by atoms with Crippen LogP contribution in [0.1, 0.15) is 169 Å². The number of carbonyl (C=O) groups excluding carboxylic acids is 3. The average molecular weight is 1120 g/mol. The number of amides is 3. The Labute approximate surface area is 469 Å². The number of carbonyl (C=O) groups is 4. The Balaban J connectivity index is 0.000000151. The molecule has 81 heavy (non-hydrogen) atoms. The maximum Gasteiger partial charge on any atom is 0.339 e. The molecule has 0 unspecified atom stereocenters. The van der Waals surface area contributed by atoms with E-state index in [2.05, 4.69) is 15.5 Å². The van der Waals surface area contributed by atoms with Crippen LogP contribution in [-0.2, 0) is 0 Å². The first-order valence-electron chi connectivity index (χ1n) is 27.7. The van der Waals surface area contributed by atoms with Crippen molar-refractivity contribution >= 4 is 34.7 Å². The lowest BCUT2D eigenvalue weighted by Crippen LogP contribution is -2.58. The highest BCUT2D eigenvalue weighted by atomic mass is 16.5. The van der Waals surface area contributed by atoms with E-state index < -0.39 is 29.0 Å². The molecule has 10 N–H and O–H groups in total. The molecule has 4 aromatic heterocycles. The van der Waals surface area contributed by atoms with Crippen molar-refractivity contribution in [1.82, 2.24) is 24.5 Å². The van der Waals surface area contributed by atoms with Crippen LogP contribution in [0.2, 0.25) is 0 Å². The van der Waals surface area contributed by atoms with Crippen LogP contribution in [0, 0.1) is 10.8 Å². The number of methoxy groups -OCH3 is 2. The number of aliphatic hydroxyl groups is 2. The molecule has 2 spiro atoms. The van der Waals surface area contributed by atoms with Crippen LogP contribution in [0.15, 0.2) is 73.1 Å². The van der Waals surface area contributed by atoms with E-state index in [0.29, 0.717) is 80.0 Å². The Morgan fingerprint density at radius 3 is 1.41 bits per heavy atom. The second-order valence-corrected chi connectivity index (χ2v) is 24.4. The highest BCUT2D eigenvalue weighted by Crippen LogP contribution is 2.58. The van der Waals surface area contributed by atoms with Gasteiger partial charge >= 0.3 is 5.97 Å². The van der Waals surface area contributed by atoms with E-state index >= 15 is 0 Å². The Morgan fingerprint density at radius 1 is 0.605 bits per heavy atom. The largest absolute Gasteiger partial charge is 0.493 e. The number of hydrogen-bond acceptors (Lipinski definition) is 15. The maximum atomic E-state index is 13.2. The summed E-state index contributed by atoms with van der Waals surface area (Å²) in [6.45, 7) is 7.12. The van der Waals surface area contributed by atoms with Crippen molar-refractivity contribution in [3.63, 3.8) is 0 Å². The summed E-state index contributed by atoms with van der Waals surface area (Å²) in [7, 11) is 3.09. The first-order valence-corrected chi connectivity index (χ1v) is 27.7. The minimum absolute atomic E-state index is 0.0284. The third-order valence-electron chi connectivity index (χ3n) is 16.1. The number of rotatable bonds is 19. The number of aromatic nitrogens is 4. The third-order valence-corrected chi connectivity index (χ3v) is 16.1. The smallest absolute Gasteiger partial charge is 0.339 e. The summed E-state index contributed by atoms with van der Waals surface area (Å²) < 4.78 is 37.9. The maximum absolute atomic E-state index is 13.2. The van der Waals surface area contributed by atoms with Crippen molar-refractivity contribution < 1.29 is 62.9 Å². The summed E-state index contributed by atoms with van der Waals surface area (Å²) in [5.74, 6) is 1.77. The molecule has 0 aliphatic heterocycles. The van der Waals surface area contributed by atoms with Gasteiger partial charge in [-0.05, 0) is 164 Å². The zero-order chi connectivity index (χ0) is 57.8. The SMILES string of the molecule is CC(C)(O)COc1ccc2c(C(=O)O)cnn2c1C1CC1.COc1cccc(C(N)=O)c1OC1CC2(CC(N)C2)C1.COc1cccc(C(N)=O)c1OC1CC2(CC(NC(=O)c3cnn4c(C5CC5)c(OCC(C)(C)O)ccc34)C2)C1. The summed E-state index contributed by atoms with van der Waals surface area (Å²) in [6, 6.07) is 17.9. The van der Waals surface area contributed by atoms with Crippen molar-refractivity contribution in [2.24, 2.45) is 28.0 Å². The molecule has 6 fully saturated rings. The van der Waals surface area contributed by atoms with E-state index in [-0.39, 0.29) is 48.3 Å². The van der Waals surface area contributed by atoms with Crippen LogP contribution in [0.3, 0.4) is 0 Å². The molecule has 6 aliphatic carbocycles. The number of pyridine rings is 2. The number of aromatic carboxylic acids is 1. The molecule has 6 saturated carbocycles. The molecule has 0 atom stereocenters. The van der Waals surface area contributed by atoms with E-state index in [9.17, 15) is 34.5 Å². The zero-order valence-electron chi connectivity index (χ0n) is 46.7. The van der Waals surface area contributed by atoms with E-state index in [4.69, 9.17) is 45.6 Å². The molecular formula is C60H74N8O13. The Hall–Kier alpha value is -7.62. The van der Waals surface area contributed by atoms with Gasteiger partial charge < -0.3 is 66.3 Å². The van der Waals surface area contributed by atoms with Crippen molar-refractivity contribution in [3.8, 4) is 34.5 Å². The molecule has 21 heteroatoms. The van der Waals surface area contributed by atoms with E-state index in [0.717, 1.165) is 94.0 Å². The zero-order valence-corrected chi connectivity index (χ0v) is 46.7. The number of nitrogens with two attached hydrogens (primary N) is 3. The fourth-order valence-corrected chi connectivity index (χ4v) is 12.0. The van der Waals surface area contributed by atoms with Crippen molar-refractivity contribution in [2.75, 3.05) is 27.4 Å². The average Bonchev–Trinajstić information content (AvgIpc) is 4.52. The summed E-state index contributed by atoms with van der Waals surface area (Å²) in [6.07, 6.45) is 14.9. The summed E-state index contributed by atoms with van der Waals surface area (Å²) in [5.41, 5.74) is 20.0. The van der Waals surface area contributed by atoms with Gasteiger partial charge in [-0.25, -0.2) is 13.8 Å². The summed E-state index contributed by atoms with van der Waals surface area (Å²) in [4.78, 5) is 47.8. The molecule has 6 aromatic rings. The van der Waals surface area contributed by atoms with Crippen molar-refractivity contribution in [1.29, 1.82) is 0 Å². The normalized spacial score (nSPS) is 23.5. The van der Waals surface area contributed by atoms with Gasteiger partial charge in [-0.2, -0.15) is 10.2 Å². The first kappa shape index (κ1) is 56.6. The molecular weight excluding hydrogens is 1040 g/mol. The van der Waals surface area contributed by atoms with Crippen LogP contribution < -0.4 is 50.9 Å². The molecule has 0 radical (unpaired) electrons. The minimum Gasteiger partial charge on any atom is -0.493 e. The predicted molar refractivity (Wildman–Crippen MR) is 298 cm³/mol. The number of carboxylic acid groups (broad SMARTS) is 1. The summed E-state index contributed by atoms with van der Waals surface area (Å²) >= 11 is 0. The molecule has 3 amide bonds. The quantitative estimate of drug-likeness (QED) is 0.0426. The second-order valence-electron chi connectivity index (χ2n) is 24.4. The predicted octanol–water partition coefficient (Wildman–Crippen LogP) is 7.09. The standard InChI is InChI=1S/C30H36N4O6.C15H18N2O4.C15H20N2O3/c1-29(2,37)16-39-23-10-9-22-21(15-32-34(22)25(23)17-7-8-17)28(36)33-18-11-30(12-18)13-19(14-30)40-26-20(27(31)35)5-4-6-24(26)38-3;1-15(2,20)8-21-12-6-5-11-10(14(18)19)7-16-17(11)13(12)9-3-4-9;1-19-12-4-2-3-11(14(17)18)13(12)20-10-7-15(8-10)5-9(16)6-15/h4-6,9-10,15,17-19,37H,7-8,11-14,16H2,1-3H3,(H2,31,35)(H,33,36);5-7,9,20H,3-4,8H2,1-2H3,(H,18,19);2-4,9-10H,5-8,16H2,1H3,(H2,17,18). The monoisotopic (exact) mass is 1110 g/mol. The van der Waals surface area contributed by atoms with Gasteiger partial charge in [0.15, 0.2) is 23.0 Å². The second kappa shape index (κ2) is 22.0. The van der Waals surface area contributed by atoms with E-state index in [1.165, 1.54) is 13.3 Å². The van der Waals surface area contributed by atoms with Crippen LogP contribution in [0.4, 0.5) is 0 Å². The molecule has 432 valence electrons. The van der Waals surface area contributed by atoms with E-state index in [1.807, 2.05) is 16.6 Å². The molecule has 12 rings (SSSR count). The Morgan fingerprint density at radius 2 is 1.02 bits per heavy atom. The van der Waals surface area contributed by atoms with Crippen LogP contribution in [0.25, 0.3) is 11.0 Å². The number of carboxylic acids is 1. The highest BCUT2D eigenvalue weighted by Gasteiger charge is 2.55. The van der Waals surface area contributed by atoms with Crippen LogP contribution in [-0.4, -0.2) is 121 Å². The number of primary amides is 2. The molecule has 6 aliphatic rings. The fourth-order valence-electron chi connectivity index (χ4n) is 12.0. The van der Waals surface area contributed by atoms with E-state index in [1.54, 1.807) is 94.0 Å². The Kier molecular flexibility index (Phi) is 15.4. The number of para-hydroxylation sites is 2. The van der Waals surface area contributed by atoms with Gasteiger partial charge in [0.25, 0.3) is 17.7 Å². The fraction of sp³-hybridized carbons (Fsp3) is 0.500.